The lowest BCUT2D eigenvalue weighted by Crippen LogP contribution is -2.32. The predicted octanol–water partition coefficient (Wildman–Crippen LogP) is 0.581. The molecule has 0 saturated carbocycles. The van der Waals surface area contributed by atoms with Crippen LogP contribution in [0.15, 0.2) is 12.4 Å². The third kappa shape index (κ3) is 6.34. The molecule has 0 fully saturated rings. The normalized spacial score (nSPS) is 12.7. The highest BCUT2D eigenvalue weighted by Gasteiger charge is 2.08. The maximum absolute atomic E-state index is 11.5. The molecular formula is C12H22N4O2. The van der Waals surface area contributed by atoms with Gasteiger partial charge in [0.15, 0.2) is 0 Å². The summed E-state index contributed by atoms with van der Waals surface area (Å²) in [5.74, 6) is 0.405. The first-order valence-electron chi connectivity index (χ1n) is 6.36. The predicted molar refractivity (Wildman–Crippen MR) is 67.7 cm³/mol. The number of carbonyl (C=O) groups excluding carboxylic acids is 1. The molecule has 0 aliphatic carbocycles. The fraction of sp³-hybridized carbons (Fsp3) is 0.750. The second-order valence-electron chi connectivity index (χ2n) is 4.86. The van der Waals surface area contributed by atoms with Gasteiger partial charge in [0.2, 0.25) is 5.91 Å². The molecule has 6 nitrogen and oxygen atoms in total. The topological polar surface area (TPSA) is 80.0 Å². The van der Waals surface area contributed by atoms with Crippen LogP contribution in [0.25, 0.3) is 0 Å². The third-order valence-corrected chi connectivity index (χ3v) is 2.54. The van der Waals surface area contributed by atoms with E-state index in [1.807, 2.05) is 13.8 Å². The van der Waals surface area contributed by atoms with Crippen LogP contribution in [0, 0.1) is 5.92 Å². The van der Waals surface area contributed by atoms with Crippen LogP contribution in [0.2, 0.25) is 0 Å². The smallest absolute Gasteiger partial charge is 0.220 e. The summed E-state index contributed by atoms with van der Waals surface area (Å²) >= 11 is 0. The Kier molecular flexibility index (Phi) is 6.35. The van der Waals surface area contributed by atoms with Gasteiger partial charge < -0.3 is 10.4 Å². The molecule has 0 bridgehead atoms. The van der Waals surface area contributed by atoms with Gasteiger partial charge in [-0.15, -0.1) is 5.10 Å². The van der Waals surface area contributed by atoms with Crippen molar-refractivity contribution < 1.29 is 9.90 Å². The first-order chi connectivity index (χ1) is 8.58. The molecule has 1 rings (SSSR count). The molecule has 2 N–H and O–H groups in total. The molecule has 18 heavy (non-hydrogen) atoms. The van der Waals surface area contributed by atoms with Gasteiger partial charge in [-0.05, 0) is 18.8 Å². The van der Waals surface area contributed by atoms with Crippen molar-refractivity contribution in [2.45, 2.75) is 45.8 Å². The van der Waals surface area contributed by atoms with Gasteiger partial charge >= 0.3 is 0 Å². The highest BCUT2D eigenvalue weighted by molar-refractivity contribution is 5.75. The molecule has 1 aromatic heterocycles. The molecule has 0 aliphatic rings. The van der Waals surface area contributed by atoms with E-state index in [2.05, 4.69) is 15.6 Å². The number of hydrogen-bond donors (Lipinski definition) is 2. The van der Waals surface area contributed by atoms with Crippen LogP contribution in [-0.2, 0) is 11.3 Å². The van der Waals surface area contributed by atoms with Crippen molar-refractivity contribution in [2.75, 3.05) is 6.54 Å². The third-order valence-electron chi connectivity index (χ3n) is 2.54. The van der Waals surface area contributed by atoms with Crippen molar-refractivity contribution in [2.24, 2.45) is 5.92 Å². The first-order valence-corrected chi connectivity index (χ1v) is 6.36. The zero-order chi connectivity index (χ0) is 13.4. The molecule has 1 unspecified atom stereocenters. The van der Waals surface area contributed by atoms with Crippen LogP contribution in [0.4, 0.5) is 0 Å². The summed E-state index contributed by atoms with van der Waals surface area (Å²) < 4.78 is 1.70. The number of aromatic nitrogens is 3. The zero-order valence-electron chi connectivity index (χ0n) is 11.0. The average molecular weight is 254 g/mol. The van der Waals surface area contributed by atoms with E-state index in [4.69, 9.17) is 0 Å². The first kappa shape index (κ1) is 14.6. The van der Waals surface area contributed by atoms with E-state index in [0.29, 0.717) is 31.8 Å². The van der Waals surface area contributed by atoms with Gasteiger partial charge in [-0.1, -0.05) is 19.1 Å². The summed E-state index contributed by atoms with van der Waals surface area (Å²) in [4.78, 5) is 11.5. The Morgan fingerprint density at radius 3 is 2.89 bits per heavy atom. The van der Waals surface area contributed by atoms with Crippen LogP contribution in [0.3, 0.4) is 0 Å². The number of nitrogens with one attached hydrogen (secondary N) is 1. The molecule has 0 saturated heterocycles. The Labute approximate surface area is 107 Å². The number of aliphatic hydroxyl groups excluding tert-OH is 1. The number of rotatable bonds is 8. The van der Waals surface area contributed by atoms with Gasteiger partial charge in [-0.2, -0.15) is 0 Å². The maximum atomic E-state index is 11.5. The zero-order valence-corrected chi connectivity index (χ0v) is 11.0. The van der Waals surface area contributed by atoms with Gasteiger partial charge in [0, 0.05) is 25.7 Å². The molecule has 6 heteroatoms. The lowest BCUT2D eigenvalue weighted by molar-refractivity contribution is -0.121. The van der Waals surface area contributed by atoms with E-state index in [1.54, 1.807) is 17.1 Å². The standard InChI is InChI=1S/C12H22N4O2/c1-10(2)8-11(17)9-13-12(18)4-3-6-16-7-5-14-15-16/h5,7,10-11,17H,3-4,6,8-9H2,1-2H3,(H,13,18). The molecular weight excluding hydrogens is 232 g/mol. The van der Waals surface area contributed by atoms with Crippen molar-refractivity contribution in [3.05, 3.63) is 12.4 Å². The van der Waals surface area contributed by atoms with Crippen molar-refractivity contribution in [3.8, 4) is 0 Å². The molecule has 102 valence electrons. The average Bonchev–Trinajstić information content (AvgIpc) is 2.78. The van der Waals surface area contributed by atoms with Crippen LogP contribution < -0.4 is 5.32 Å². The van der Waals surface area contributed by atoms with E-state index < -0.39 is 6.10 Å². The SMILES string of the molecule is CC(C)CC(O)CNC(=O)CCCn1ccnn1. The van der Waals surface area contributed by atoms with Gasteiger partial charge in [0.05, 0.1) is 12.3 Å². The van der Waals surface area contributed by atoms with Crippen molar-refractivity contribution >= 4 is 5.91 Å². The number of hydrogen-bond acceptors (Lipinski definition) is 4. The lowest BCUT2D eigenvalue weighted by atomic mass is 10.1. The van der Waals surface area contributed by atoms with Crippen LogP contribution in [0.1, 0.15) is 33.1 Å². The molecule has 1 heterocycles. The Morgan fingerprint density at radius 1 is 1.50 bits per heavy atom. The number of aryl methyl sites for hydroxylation is 1. The van der Waals surface area contributed by atoms with Gasteiger partial charge in [0.1, 0.15) is 0 Å². The Bertz CT molecular complexity index is 338. The molecule has 1 atom stereocenters. The van der Waals surface area contributed by atoms with Gasteiger partial charge in [0.25, 0.3) is 0 Å². The minimum absolute atomic E-state index is 0.0297. The minimum Gasteiger partial charge on any atom is -0.391 e. The second kappa shape index (κ2) is 7.81. The number of carbonyl (C=O) groups is 1. The minimum atomic E-state index is -0.454. The summed E-state index contributed by atoms with van der Waals surface area (Å²) in [6.45, 7) is 5.11. The van der Waals surface area contributed by atoms with E-state index in [-0.39, 0.29) is 5.91 Å². The molecule has 0 aromatic carbocycles. The van der Waals surface area contributed by atoms with Gasteiger partial charge in [-0.3, -0.25) is 9.48 Å². The second-order valence-corrected chi connectivity index (χ2v) is 4.86. The van der Waals surface area contributed by atoms with Gasteiger partial charge in [-0.25, -0.2) is 0 Å². The quantitative estimate of drug-likeness (QED) is 0.711. The van der Waals surface area contributed by atoms with Crippen molar-refractivity contribution in [1.82, 2.24) is 20.3 Å². The Morgan fingerprint density at radius 2 is 2.28 bits per heavy atom. The highest BCUT2D eigenvalue weighted by Crippen LogP contribution is 2.03. The maximum Gasteiger partial charge on any atom is 0.220 e. The molecule has 0 radical (unpaired) electrons. The largest absolute Gasteiger partial charge is 0.391 e. The Balaban J connectivity index is 2.07. The van der Waals surface area contributed by atoms with Crippen LogP contribution in [-0.4, -0.2) is 38.7 Å². The Hall–Kier alpha value is -1.43. The summed E-state index contributed by atoms with van der Waals surface area (Å²) in [6, 6.07) is 0. The molecule has 0 aliphatic heterocycles. The van der Waals surface area contributed by atoms with Crippen molar-refractivity contribution in [1.29, 1.82) is 0 Å². The highest BCUT2D eigenvalue weighted by atomic mass is 16.3. The number of nitrogens with zero attached hydrogens (tertiary/aromatic N) is 3. The molecule has 1 amide bonds. The van der Waals surface area contributed by atoms with E-state index >= 15 is 0 Å². The number of amides is 1. The van der Waals surface area contributed by atoms with E-state index in [1.165, 1.54) is 0 Å². The van der Waals surface area contributed by atoms with E-state index in [9.17, 15) is 9.90 Å². The molecule has 1 aromatic rings. The summed E-state index contributed by atoms with van der Waals surface area (Å²) in [5, 5.41) is 19.8. The monoisotopic (exact) mass is 254 g/mol. The summed E-state index contributed by atoms with van der Waals surface area (Å²) in [6.07, 6.45) is 4.79. The fourth-order valence-electron chi connectivity index (χ4n) is 1.70. The number of aliphatic hydroxyl groups is 1. The summed E-state index contributed by atoms with van der Waals surface area (Å²) in [7, 11) is 0. The fourth-order valence-corrected chi connectivity index (χ4v) is 1.70. The summed E-state index contributed by atoms with van der Waals surface area (Å²) in [5.41, 5.74) is 0. The van der Waals surface area contributed by atoms with Crippen LogP contribution >= 0.6 is 0 Å². The molecule has 0 spiro atoms. The van der Waals surface area contributed by atoms with E-state index in [0.717, 1.165) is 6.42 Å². The lowest BCUT2D eigenvalue weighted by Gasteiger charge is -2.13. The van der Waals surface area contributed by atoms with Crippen molar-refractivity contribution in [3.63, 3.8) is 0 Å². The van der Waals surface area contributed by atoms with Crippen LogP contribution in [0.5, 0.6) is 0 Å².